The first-order valence-electron chi connectivity index (χ1n) is 7.50. The Morgan fingerprint density at radius 2 is 1.82 bits per heavy atom. The van der Waals surface area contributed by atoms with E-state index in [9.17, 15) is 17.6 Å². The van der Waals surface area contributed by atoms with Crippen LogP contribution in [0.5, 0.6) is 0 Å². The number of carbonyl (C=O) groups is 1. The average molecular weight is 464 g/mol. The van der Waals surface area contributed by atoms with Gasteiger partial charge in [-0.2, -0.15) is 0 Å². The van der Waals surface area contributed by atoms with Crippen molar-refractivity contribution in [3.8, 4) is 5.69 Å². The lowest BCUT2D eigenvalue weighted by Gasteiger charge is -2.08. The smallest absolute Gasteiger partial charge is 0.266 e. The molecule has 0 atom stereocenters. The molecule has 2 aromatic carbocycles. The normalized spacial score (nSPS) is 11.5. The summed E-state index contributed by atoms with van der Waals surface area (Å²) in [5, 5.41) is 7.63. The van der Waals surface area contributed by atoms with Gasteiger partial charge in [0.05, 0.1) is 21.4 Å². The molecule has 0 aliphatic heterocycles. The van der Waals surface area contributed by atoms with E-state index in [2.05, 4.69) is 10.3 Å². The summed E-state index contributed by atoms with van der Waals surface area (Å²) in [6.07, 6.45) is 0. The van der Waals surface area contributed by atoms with Gasteiger partial charge in [0.1, 0.15) is 10.7 Å². The molecule has 146 valence electrons. The number of nitrogens with zero attached hydrogens (tertiary/aromatic N) is 3. The van der Waals surface area contributed by atoms with Gasteiger partial charge in [-0.1, -0.05) is 40.0 Å². The quantitative estimate of drug-likeness (QED) is 0.635. The molecule has 0 aliphatic rings. The minimum Gasteiger partial charge on any atom is -0.266 e. The van der Waals surface area contributed by atoms with E-state index in [1.54, 1.807) is 0 Å². The minimum absolute atomic E-state index is 0.0422. The van der Waals surface area contributed by atoms with Crippen LogP contribution in [0.2, 0.25) is 15.1 Å². The number of benzene rings is 2. The van der Waals surface area contributed by atoms with Gasteiger partial charge in [0.2, 0.25) is 0 Å². The highest BCUT2D eigenvalue weighted by atomic mass is 35.5. The van der Waals surface area contributed by atoms with Crippen LogP contribution in [0.4, 0.5) is 4.39 Å². The number of aromatic nitrogens is 3. The third-order valence-corrected chi connectivity index (χ3v) is 6.01. The molecule has 1 heterocycles. The van der Waals surface area contributed by atoms with Crippen LogP contribution in [0.3, 0.4) is 0 Å². The van der Waals surface area contributed by atoms with Gasteiger partial charge >= 0.3 is 0 Å². The molecule has 0 spiro atoms. The number of carbonyl (C=O) groups excluding carboxylic acids is 1. The second-order valence-electron chi connectivity index (χ2n) is 5.54. The molecular formula is C16H10Cl3FN4O3S. The van der Waals surface area contributed by atoms with Crippen LogP contribution in [0.15, 0.2) is 41.3 Å². The average Bonchev–Trinajstić information content (AvgIpc) is 2.95. The maximum absolute atomic E-state index is 13.2. The predicted molar refractivity (Wildman–Crippen MR) is 102 cm³/mol. The number of rotatable bonds is 4. The molecule has 3 rings (SSSR count). The fraction of sp³-hybridized carbons (Fsp3) is 0.0625. The molecule has 12 heteroatoms. The molecule has 0 aliphatic carbocycles. The molecule has 0 unspecified atom stereocenters. The summed E-state index contributed by atoms with van der Waals surface area (Å²) >= 11 is 17.6. The lowest BCUT2D eigenvalue weighted by atomic mass is 10.3. The lowest BCUT2D eigenvalue weighted by molar-refractivity contribution is 0.0976. The molecular weight excluding hydrogens is 454 g/mol. The van der Waals surface area contributed by atoms with Crippen molar-refractivity contribution in [1.82, 2.24) is 19.7 Å². The van der Waals surface area contributed by atoms with Crippen LogP contribution in [0.1, 0.15) is 16.2 Å². The van der Waals surface area contributed by atoms with E-state index in [-0.39, 0.29) is 37.0 Å². The molecule has 7 nitrogen and oxygen atoms in total. The highest BCUT2D eigenvalue weighted by Gasteiger charge is 2.26. The van der Waals surface area contributed by atoms with E-state index >= 15 is 0 Å². The number of amides is 1. The predicted octanol–water partition coefficient (Wildman–Crippen LogP) is 3.79. The molecule has 1 N–H and O–H groups in total. The van der Waals surface area contributed by atoms with Crippen molar-refractivity contribution >= 4 is 50.7 Å². The van der Waals surface area contributed by atoms with Crippen LogP contribution in [0.25, 0.3) is 5.69 Å². The molecule has 0 radical (unpaired) electrons. The lowest BCUT2D eigenvalue weighted by Crippen LogP contribution is -2.31. The van der Waals surface area contributed by atoms with Crippen molar-refractivity contribution < 1.29 is 17.6 Å². The zero-order valence-electron chi connectivity index (χ0n) is 14.0. The number of halogens is 4. The van der Waals surface area contributed by atoms with E-state index in [0.29, 0.717) is 0 Å². The van der Waals surface area contributed by atoms with Gasteiger partial charge in [0.15, 0.2) is 5.69 Å². The van der Waals surface area contributed by atoms with Crippen LogP contribution in [-0.2, 0) is 10.0 Å². The molecule has 0 saturated carbocycles. The third kappa shape index (κ3) is 3.97. The van der Waals surface area contributed by atoms with Crippen LogP contribution >= 0.6 is 34.8 Å². The van der Waals surface area contributed by atoms with Gasteiger partial charge in [-0.05, 0) is 43.3 Å². The van der Waals surface area contributed by atoms with E-state index in [4.69, 9.17) is 34.8 Å². The topological polar surface area (TPSA) is 93.9 Å². The fourth-order valence-electron chi connectivity index (χ4n) is 2.34. The maximum Gasteiger partial charge on any atom is 0.287 e. The minimum atomic E-state index is -4.28. The first-order valence-corrected chi connectivity index (χ1v) is 10.1. The molecule has 1 amide bonds. The summed E-state index contributed by atoms with van der Waals surface area (Å²) in [7, 11) is -4.28. The largest absolute Gasteiger partial charge is 0.287 e. The summed E-state index contributed by atoms with van der Waals surface area (Å²) in [5.74, 6) is -1.57. The Bertz CT molecular complexity index is 1200. The molecule has 1 aromatic heterocycles. The zero-order chi connectivity index (χ0) is 20.6. The maximum atomic E-state index is 13.2. The van der Waals surface area contributed by atoms with Crippen molar-refractivity contribution in [2.45, 2.75) is 11.8 Å². The van der Waals surface area contributed by atoms with E-state index in [0.717, 1.165) is 12.1 Å². The number of hydrogen-bond donors (Lipinski definition) is 1. The highest BCUT2D eigenvalue weighted by Crippen LogP contribution is 2.26. The van der Waals surface area contributed by atoms with Crippen LogP contribution in [0, 0.1) is 12.7 Å². The Labute approximate surface area is 174 Å². The van der Waals surface area contributed by atoms with Crippen molar-refractivity contribution in [3.05, 3.63) is 68.7 Å². The van der Waals surface area contributed by atoms with Gasteiger partial charge in [-0.25, -0.2) is 22.2 Å². The van der Waals surface area contributed by atoms with Gasteiger partial charge in [0.25, 0.3) is 15.9 Å². The van der Waals surface area contributed by atoms with Crippen LogP contribution in [-0.4, -0.2) is 29.3 Å². The number of sulfonamides is 1. The standard InChI is InChI=1S/C16H10Cl3FN4O3S/c1-8-15(21-23-24(8)13-4-3-10(20)7-11(13)18)16(25)22-28(26,27)14-5-2-9(17)6-12(14)19/h2-7H,1H3,(H,22,25). The molecule has 0 bridgehead atoms. The van der Waals surface area contributed by atoms with Crippen molar-refractivity contribution in [2.24, 2.45) is 0 Å². The summed E-state index contributed by atoms with van der Waals surface area (Å²) in [6, 6.07) is 7.32. The van der Waals surface area contributed by atoms with Crippen molar-refractivity contribution in [2.75, 3.05) is 0 Å². The zero-order valence-corrected chi connectivity index (χ0v) is 17.0. The Kier molecular flexibility index (Phi) is 5.62. The SMILES string of the molecule is Cc1c(C(=O)NS(=O)(=O)c2ccc(Cl)cc2Cl)nnn1-c1ccc(F)cc1Cl. The monoisotopic (exact) mass is 462 g/mol. The molecule has 28 heavy (non-hydrogen) atoms. The van der Waals surface area contributed by atoms with E-state index in [1.165, 1.54) is 35.9 Å². The van der Waals surface area contributed by atoms with E-state index in [1.807, 2.05) is 4.72 Å². The van der Waals surface area contributed by atoms with Gasteiger partial charge in [-0.15, -0.1) is 5.10 Å². The van der Waals surface area contributed by atoms with Crippen molar-refractivity contribution in [1.29, 1.82) is 0 Å². The van der Waals surface area contributed by atoms with Crippen LogP contribution < -0.4 is 4.72 Å². The first kappa shape index (κ1) is 20.5. The van der Waals surface area contributed by atoms with Crippen molar-refractivity contribution in [3.63, 3.8) is 0 Å². The highest BCUT2D eigenvalue weighted by molar-refractivity contribution is 7.90. The molecule has 0 fully saturated rings. The Hall–Kier alpha value is -2.20. The van der Waals surface area contributed by atoms with E-state index < -0.39 is 21.7 Å². The summed E-state index contributed by atoms with van der Waals surface area (Å²) in [6.45, 7) is 1.48. The Balaban J connectivity index is 1.92. The summed E-state index contributed by atoms with van der Waals surface area (Å²) < 4.78 is 41.2. The second-order valence-corrected chi connectivity index (χ2v) is 8.44. The molecule has 3 aromatic rings. The Morgan fingerprint density at radius 3 is 2.46 bits per heavy atom. The first-order chi connectivity index (χ1) is 13.1. The van der Waals surface area contributed by atoms with Gasteiger partial charge < -0.3 is 0 Å². The summed E-state index contributed by atoms with van der Waals surface area (Å²) in [4.78, 5) is 12.1. The number of hydrogen-bond acceptors (Lipinski definition) is 5. The number of nitrogens with one attached hydrogen (secondary N) is 1. The summed E-state index contributed by atoms with van der Waals surface area (Å²) in [5.41, 5.74) is 0.216. The third-order valence-electron chi connectivity index (χ3n) is 3.66. The Morgan fingerprint density at radius 1 is 1.11 bits per heavy atom. The van der Waals surface area contributed by atoms with Gasteiger partial charge in [0, 0.05) is 5.02 Å². The fourth-order valence-corrected chi connectivity index (χ4v) is 4.31. The van der Waals surface area contributed by atoms with Gasteiger partial charge in [-0.3, -0.25) is 4.79 Å². The molecule has 0 saturated heterocycles. The second kappa shape index (κ2) is 7.67.